The van der Waals surface area contributed by atoms with Crippen molar-refractivity contribution >= 4 is 30.5 Å². The highest BCUT2D eigenvalue weighted by Gasteiger charge is 2.25. The molecule has 0 spiro atoms. The highest BCUT2D eigenvalue weighted by atomic mass is 35.5. The summed E-state index contributed by atoms with van der Waals surface area (Å²) in [6.07, 6.45) is 1.03. The average molecular weight is 364 g/mol. The van der Waals surface area contributed by atoms with Crippen molar-refractivity contribution in [2.45, 2.75) is 33.2 Å². The summed E-state index contributed by atoms with van der Waals surface area (Å²) < 4.78 is 0. The first-order valence-electron chi connectivity index (χ1n) is 7.68. The van der Waals surface area contributed by atoms with E-state index in [2.05, 4.69) is 30.1 Å². The molecule has 1 aliphatic rings. The number of piperazine rings is 1. The average Bonchev–Trinajstić information content (AvgIpc) is 2.46. The SMILES string of the molecule is Cc1ccc([C@H](CC(C)C)N2CCNCC2)cc1[N+](=O)[O-].Cl.Cl. The number of nitro benzene ring substituents is 1. The van der Waals surface area contributed by atoms with Crippen LogP contribution in [0.3, 0.4) is 0 Å². The number of rotatable bonds is 5. The van der Waals surface area contributed by atoms with Gasteiger partial charge in [-0.25, -0.2) is 0 Å². The molecule has 1 heterocycles. The van der Waals surface area contributed by atoms with Gasteiger partial charge in [-0.15, -0.1) is 24.8 Å². The first-order valence-corrected chi connectivity index (χ1v) is 7.68. The number of hydrogen-bond acceptors (Lipinski definition) is 4. The largest absolute Gasteiger partial charge is 0.314 e. The van der Waals surface area contributed by atoms with Crippen LogP contribution >= 0.6 is 24.8 Å². The van der Waals surface area contributed by atoms with Crippen LogP contribution in [0, 0.1) is 23.0 Å². The minimum absolute atomic E-state index is 0. The van der Waals surface area contributed by atoms with Crippen molar-refractivity contribution in [3.8, 4) is 0 Å². The Morgan fingerprint density at radius 2 is 1.87 bits per heavy atom. The fraction of sp³-hybridized carbons (Fsp3) is 0.625. The highest BCUT2D eigenvalue weighted by Crippen LogP contribution is 2.31. The standard InChI is InChI=1S/C16H25N3O2.2ClH/c1-12(2)10-16(18-8-6-17-7-9-18)14-5-4-13(3)15(11-14)19(20)21;;/h4-5,11-12,16-17H,6-10H2,1-3H3;2*1H/t16-;;/m0../s1. The summed E-state index contributed by atoms with van der Waals surface area (Å²) >= 11 is 0. The van der Waals surface area contributed by atoms with Gasteiger partial charge in [0, 0.05) is 43.9 Å². The molecular formula is C16H27Cl2N3O2. The van der Waals surface area contributed by atoms with E-state index in [-0.39, 0.29) is 41.5 Å². The van der Waals surface area contributed by atoms with E-state index in [4.69, 9.17) is 0 Å². The number of nitrogens with zero attached hydrogens (tertiary/aromatic N) is 2. The molecule has 0 aromatic heterocycles. The third kappa shape index (κ3) is 5.92. The Balaban J connectivity index is 0.00000242. The Kier molecular flexibility index (Phi) is 9.70. The van der Waals surface area contributed by atoms with E-state index >= 15 is 0 Å². The molecule has 1 aromatic carbocycles. The maximum absolute atomic E-state index is 11.2. The van der Waals surface area contributed by atoms with Crippen molar-refractivity contribution in [1.82, 2.24) is 10.2 Å². The van der Waals surface area contributed by atoms with Gasteiger partial charge in [-0.05, 0) is 24.8 Å². The molecule has 7 heteroatoms. The number of nitrogens with one attached hydrogen (secondary N) is 1. The van der Waals surface area contributed by atoms with Crippen LogP contribution in [-0.2, 0) is 0 Å². The Hall–Kier alpha value is -0.880. The van der Waals surface area contributed by atoms with Crippen LogP contribution in [0.25, 0.3) is 0 Å². The molecule has 5 nitrogen and oxygen atoms in total. The molecule has 23 heavy (non-hydrogen) atoms. The van der Waals surface area contributed by atoms with Crippen molar-refractivity contribution < 1.29 is 4.92 Å². The smallest absolute Gasteiger partial charge is 0.272 e. The van der Waals surface area contributed by atoms with Gasteiger partial charge in [0.1, 0.15) is 0 Å². The number of hydrogen-bond donors (Lipinski definition) is 1. The van der Waals surface area contributed by atoms with E-state index in [0.29, 0.717) is 5.92 Å². The van der Waals surface area contributed by atoms with Crippen LogP contribution in [0.15, 0.2) is 18.2 Å². The molecule has 0 saturated carbocycles. The molecule has 1 aliphatic heterocycles. The second-order valence-electron chi connectivity index (χ2n) is 6.23. The summed E-state index contributed by atoms with van der Waals surface area (Å²) in [5.74, 6) is 0.560. The maximum atomic E-state index is 11.2. The fourth-order valence-electron chi connectivity index (χ4n) is 2.97. The summed E-state index contributed by atoms with van der Waals surface area (Å²) in [4.78, 5) is 13.4. The van der Waals surface area contributed by atoms with E-state index in [1.54, 1.807) is 13.0 Å². The lowest BCUT2D eigenvalue weighted by Crippen LogP contribution is -2.45. The minimum Gasteiger partial charge on any atom is -0.314 e. The lowest BCUT2D eigenvalue weighted by atomic mass is 9.94. The molecule has 1 aromatic rings. The van der Waals surface area contributed by atoms with Crippen LogP contribution in [0.5, 0.6) is 0 Å². The van der Waals surface area contributed by atoms with Crippen molar-refractivity contribution in [2.24, 2.45) is 5.92 Å². The minimum atomic E-state index is -0.275. The van der Waals surface area contributed by atoms with Crippen LogP contribution in [0.2, 0.25) is 0 Å². The molecule has 0 unspecified atom stereocenters. The van der Waals surface area contributed by atoms with E-state index in [0.717, 1.165) is 43.7 Å². The molecule has 2 rings (SSSR count). The molecule has 1 atom stereocenters. The normalized spacial score (nSPS) is 16.3. The van der Waals surface area contributed by atoms with Gasteiger partial charge in [0.15, 0.2) is 0 Å². The Labute approximate surface area is 150 Å². The van der Waals surface area contributed by atoms with Crippen molar-refractivity contribution in [3.05, 3.63) is 39.4 Å². The molecule has 132 valence electrons. The summed E-state index contributed by atoms with van der Waals surface area (Å²) in [6.45, 7) is 10.2. The molecule has 0 amide bonds. The number of aryl methyl sites for hydroxylation is 1. The quantitative estimate of drug-likeness (QED) is 0.639. The lowest BCUT2D eigenvalue weighted by Gasteiger charge is -2.36. The summed E-state index contributed by atoms with van der Waals surface area (Å²) in [7, 11) is 0. The van der Waals surface area contributed by atoms with Crippen molar-refractivity contribution in [2.75, 3.05) is 26.2 Å². The summed E-state index contributed by atoms with van der Waals surface area (Å²) in [5.41, 5.74) is 2.03. The predicted octanol–water partition coefficient (Wildman–Crippen LogP) is 3.74. The monoisotopic (exact) mass is 363 g/mol. The lowest BCUT2D eigenvalue weighted by molar-refractivity contribution is -0.385. The number of halogens is 2. The van der Waals surface area contributed by atoms with E-state index in [9.17, 15) is 10.1 Å². The topological polar surface area (TPSA) is 58.4 Å². The molecule has 1 N–H and O–H groups in total. The zero-order valence-corrected chi connectivity index (χ0v) is 15.6. The molecule has 0 bridgehead atoms. The van der Waals surface area contributed by atoms with E-state index in [1.807, 2.05) is 6.07 Å². The number of benzene rings is 1. The van der Waals surface area contributed by atoms with Gasteiger partial charge in [0.05, 0.1) is 4.92 Å². The zero-order valence-electron chi connectivity index (χ0n) is 13.9. The third-order valence-corrected chi connectivity index (χ3v) is 4.10. The van der Waals surface area contributed by atoms with Gasteiger partial charge in [-0.3, -0.25) is 15.0 Å². The summed E-state index contributed by atoms with van der Waals surface area (Å²) in [6, 6.07) is 5.97. The highest BCUT2D eigenvalue weighted by molar-refractivity contribution is 5.85. The Morgan fingerprint density at radius 3 is 2.39 bits per heavy atom. The molecule has 1 saturated heterocycles. The van der Waals surface area contributed by atoms with E-state index < -0.39 is 0 Å². The van der Waals surface area contributed by atoms with Crippen LogP contribution < -0.4 is 5.32 Å². The van der Waals surface area contributed by atoms with Gasteiger partial charge in [-0.2, -0.15) is 0 Å². The van der Waals surface area contributed by atoms with Gasteiger partial charge in [0.25, 0.3) is 5.69 Å². The van der Waals surface area contributed by atoms with E-state index in [1.165, 1.54) is 0 Å². The third-order valence-electron chi connectivity index (χ3n) is 4.10. The second-order valence-corrected chi connectivity index (χ2v) is 6.23. The molecule has 1 fully saturated rings. The fourth-order valence-corrected chi connectivity index (χ4v) is 2.97. The van der Waals surface area contributed by atoms with Gasteiger partial charge in [0.2, 0.25) is 0 Å². The Bertz CT molecular complexity index is 506. The second kappa shape index (κ2) is 10.1. The van der Waals surface area contributed by atoms with Gasteiger partial charge >= 0.3 is 0 Å². The first kappa shape index (κ1) is 22.1. The number of nitro groups is 1. The maximum Gasteiger partial charge on any atom is 0.272 e. The van der Waals surface area contributed by atoms with Crippen molar-refractivity contribution in [1.29, 1.82) is 0 Å². The van der Waals surface area contributed by atoms with Crippen LogP contribution in [-0.4, -0.2) is 36.0 Å². The van der Waals surface area contributed by atoms with Gasteiger partial charge in [-0.1, -0.05) is 26.0 Å². The van der Waals surface area contributed by atoms with Crippen LogP contribution in [0.4, 0.5) is 5.69 Å². The van der Waals surface area contributed by atoms with Gasteiger partial charge < -0.3 is 5.32 Å². The van der Waals surface area contributed by atoms with Crippen molar-refractivity contribution in [3.63, 3.8) is 0 Å². The molecular weight excluding hydrogens is 337 g/mol. The zero-order chi connectivity index (χ0) is 15.4. The first-order chi connectivity index (χ1) is 9.99. The van der Waals surface area contributed by atoms with Crippen LogP contribution in [0.1, 0.15) is 37.4 Å². The molecule has 0 aliphatic carbocycles. The Morgan fingerprint density at radius 1 is 1.26 bits per heavy atom. The molecule has 0 radical (unpaired) electrons. The predicted molar refractivity (Wildman–Crippen MR) is 99.0 cm³/mol. The summed E-state index contributed by atoms with van der Waals surface area (Å²) in [5, 5.41) is 14.5.